The summed E-state index contributed by atoms with van der Waals surface area (Å²) < 4.78 is 5.11. The standard InChI is InChI=1S/C12H16O3/c1-3-9-4-5-12(15-2)10(8-9)11(14)6-7-13/h4-5,8,13H,3,6-7H2,1-2H3. The van der Waals surface area contributed by atoms with Gasteiger partial charge in [0, 0.05) is 6.42 Å². The smallest absolute Gasteiger partial charge is 0.168 e. The van der Waals surface area contributed by atoms with Crippen LogP contribution in [0.1, 0.15) is 29.3 Å². The number of aliphatic hydroxyl groups excluding tert-OH is 1. The van der Waals surface area contributed by atoms with Gasteiger partial charge in [0.25, 0.3) is 0 Å². The Hall–Kier alpha value is -1.35. The number of hydrogen-bond acceptors (Lipinski definition) is 3. The van der Waals surface area contributed by atoms with Gasteiger partial charge in [0.15, 0.2) is 5.78 Å². The topological polar surface area (TPSA) is 46.5 Å². The van der Waals surface area contributed by atoms with Crippen LogP contribution in [-0.2, 0) is 6.42 Å². The number of Topliss-reactive ketones (excluding diaryl/α,β-unsaturated/α-hetero) is 1. The molecule has 0 aliphatic rings. The van der Waals surface area contributed by atoms with Gasteiger partial charge < -0.3 is 9.84 Å². The minimum absolute atomic E-state index is 0.0790. The largest absolute Gasteiger partial charge is 0.496 e. The zero-order valence-corrected chi connectivity index (χ0v) is 9.12. The lowest BCUT2D eigenvalue weighted by atomic mass is 10.0. The van der Waals surface area contributed by atoms with Gasteiger partial charge in [-0.15, -0.1) is 0 Å². The molecule has 3 nitrogen and oxygen atoms in total. The molecule has 0 radical (unpaired) electrons. The molecule has 0 saturated carbocycles. The quantitative estimate of drug-likeness (QED) is 0.751. The van der Waals surface area contributed by atoms with Crippen LogP contribution in [0.2, 0.25) is 0 Å². The van der Waals surface area contributed by atoms with Gasteiger partial charge in [0.1, 0.15) is 5.75 Å². The normalized spacial score (nSPS) is 10.1. The van der Waals surface area contributed by atoms with Gasteiger partial charge in [-0.3, -0.25) is 4.79 Å². The zero-order chi connectivity index (χ0) is 11.3. The summed E-state index contributed by atoms with van der Waals surface area (Å²) in [4.78, 5) is 11.7. The fourth-order valence-corrected chi connectivity index (χ4v) is 1.43. The summed E-state index contributed by atoms with van der Waals surface area (Å²) in [7, 11) is 1.54. The third-order valence-electron chi connectivity index (χ3n) is 2.31. The Labute approximate surface area is 89.7 Å². The van der Waals surface area contributed by atoms with E-state index in [4.69, 9.17) is 9.84 Å². The van der Waals surface area contributed by atoms with E-state index in [1.807, 2.05) is 19.1 Å². The summed E-state index contributed by atoms with van der Waals surface area (Å²) >= 11 is 0. The highest BCUT2D eigenvalue weighted by atomic mass is 16.5. The fourth-order valence-electron chi connectivity index (χ4n) is 1.43. The molecule has 0 fully saturated rings. The fraction of sp³-hybridized carbons (Fsp3) is 0.417. The first kappa shape index (κ1) is 11.7. The van der Waals surface area contributed by atoms with Crippen LogP contribution in [0, 0.1) is 0 Å². The van der Waals surface area contributed by atoms with Crippen LogP contribution in [0.15, 0.2) is 18.2 Å². The molecule has 0 atom stereocenters. The highest BCUT2D eigenvalue weighted by Crippen LogP contribution is 2.21. The van der Waals surface area contributed by atoms with Crippen molar-refractivity contribution in [3.8, 4) is 5.75 Å². The van der Waals surface area contributed by atoms with Crippen molar-refractivity contribution >= 4 is 5.78 Å². The molecule has 1 aromatic carbocycles. The first-order valence-electron chi connectivity index (χ1n) is 5.03. The van der Waals surface area contributed by atoms with E-state index < -0.39 is 0 Å². The lowest BCUT2D eigenvalue weighted by molar-refractivity contribution is 0.0953. The molecular formula is C12H16O3. The molecule has 0 saturated heterocycles. The lowest BCUT2D eigenvalue weighted by Crippen LogP contribution is -2.05. The molecule has 0 unspecified atom stereocenters. The van der Waals surface area contributed by atoms with Gasteiger partial charge in [-0.1, -0.05) is 13.0 Å². The second-order valence-corrected chi connectivity index (χ2v) is 3.28. The Bertz CT molecular complexity index is 345. The van der Waals surface area contributed by atoms with Gasteiger partial charge >= 0.3 is 0 Å². The Morgan fingerprint density at radius 3 is 2.73 bits per heavy atom. The summed E-state index contributed by atoms with van der Waals surface area (Å²) in [6, 6.07) is 5.56. The van der Waals surface area contributed by atoms with E-state index in [1.54, 1.807) is 6.07 Å². The number of aliphatic hydroxyl groups is 1. The number of benzene rings is 1. The monoisotopic (exact) mass is 208 g/mol. The molecule has 3 heteroatoms. The van der Waals surface area contributed by atoms with Crippen molar-refractivity contribution in [2.24, 2.45) is 0 Å². The van der Waals surface area contributed by atoms with Gasteiger partial charge in [0.05, 0.1) is 19.3 Å². The second kappa shape index (κ2) is 5.51. The predicted molar refractivity (Wildman–Crippen MR) is 58.4 cm³/mol. The van der Waals surface area contributed by atoms with Crippen molar-refractivity contribution < 1.29 is 14.6 Å². The second-order valence-electron chi connectivity index (χ2n) is 3.28. The molecular weight excluding hydrogens is 192 g/mol. The van der Waals surface area contributed by atoms with E-state index in [0.717, 1.165) is 12.0 Å². The molecule has 82 valence electrons. The van der Waals surface area contributed by atoms with Crippen LogP contribution in [0.3, 0.4) is 0 Å². The number of carbonyl (C=O) groups is 1. The van der Waals surface area contributed by atoms with E-state index in [1.165, 1.54) is 7.11 Å². The molecule has 15 heavy (non-hydrogen) atoms. The van der Waals surface area contributed by atoms with Crippen molar-refractivity contribution in [1.82, 2.24) is 0 Å². The maximum absolute atomic E-state index is 11.7. The average Bonchev–Trinajstić information content (AvgIpc) is 2.28. The number of aryl methyl sites for hydroxylation is 1. The highest BCUT2D eigenvalue weighted by molar-refractivity contribution is 5.98. The minimum atomic E-state index is -0.127. The maximum Gasteiger partial charge on any atom is 0.168 e. The molecule has 1 N–H and O–H groups in total. The summed E-state index contributed by atoms with van der Waals surface area (Å²) in [5, 5.41) is 8.73. The molecule has 0 bridgehead atoms. The molecule has 1 aromatic rings. The van der Waals surface area contributed by atoms with Gasteiger partial charge in [-0.05, 0) is 24.1 Å². The zero-order valence-electron chi connectivity index (χ0n) is 9.12. The summed E-state index contributed by atoms with van der Waals surface area (Å²) in [5.41, 5.74) is 1.66. The van der Waals surface area contributed by atoms with Crippen molar-refractivity contribution in [1.29, 1.82) is 0 Å². The number of rotatable bonds is 5. The Balaban J connectivity index is 3.05. The van der Waals surface area contributed by atoms with Crippen molar-refractivity contribution in [2.75, 3.05) is 13.7 Å². The molecule has 0 heterocycles. The molecule has 0 aromatic heterocycles. The summed E-state index contributed by atoms with van der Waals surface area (Å²) in [6.07, 6.45) is 1.02. The van der Waals surface area contributed by atoms with Gasteiger partial charge in [-0.2, -0.15) is 0 Å². The maximum atomic E-state index is 11.7. The third-order valence-corrected chi connectivity index (χ3v) is 2.31. The van der Waals surface area contributed by atoms with Crippen LogP contribution >= 0.6 is 0 Å². The van der Waals surface area contributed by atoms with E-state index in [0.29, 0.717) is 11.3 Å². The highest BCUT2D eigenvalue weighted by Gasteiger charge is 2.11. The number of hydrogen-bond donors (Lipinski definition) is 1. The van der Waals surface area contributed by atoms with E-state index in [-0.39, 0.29) is 18.8 Å². The third kappa shape index (κ3) is 2.80. The molecule has 0 aliphatic carbocycles. The van der Waals surface area contributed by atoms with Gasteiger partial charge in [-0.25, -0.2) is 0 Å². The number of ketones is 1. The molecule has 1 rings (SSSR count). The van der Waals surface area contributed by atoms with Gasteiger partial charge in [0.2, 0.25) is 0 Å². The molecule has 0 aliphatic heterocycles. The van der Waals surface area contributed by atoms with Crippen LogP contribution in [0.4, 0.5) is 0 Å². The van der Waals surface area contributed by atoms with Crippen LogP contribution in [0.25, 0.3) is 0 Å². The van der Waals surface area contributed by atoms with E-state index in [9.17, 15) is 4.79 Å². The van der Waals surface area contributed by atoms with E-state index >= 15 is 0 Å². The van der Waals surface area contributed by atoms with Crippen molar-refractivity contribution in [3.63, 3.8) is 0 Å². The first-order chi connectivity index (χ1) is 7.22. The Morgan fingerprint density at radius 2 is 2.20 bits per heavy atom. The number of carbonyl (C=O) groups excluding carboxylic acids is 1. The SMILES string of the molecule is CCc1ccc(OC)c(C(=O)CCO)c1. The van der Waals surface area contributed by atoms with Crippen LogP contribution in [0.5, 0.6) is 5.75 Å². The Morgan fingerprint density at radius 1 is 1.47 bits per heavy atom. The number of methoxy groups -OCH3 is 1. The lowest BCUT2D eigenvalue weighted by Gasteiger charge is -2.08. The van der Waals surface area contributed by atoms with Crippen molar-refractivity contribution in [2.45, 2.75) is 19.8 Å². The van der Waals surface area contributed by atoms with Crippen molar-refractivity contribution in [3.05, 3.63) is 29.3 Å². The number of ether oxygens (including phenoxy) is 1. The average molecular weight is 208 g/mol. The Kier molecular flexibility index (Phi) is 4.31. The minimum Gasteiger partial charge on any atom is -0.496 e. The first-order valence-corrected chi connectivity index (χ1v) is 5.03. The molecule has 0 amide bonds. The predicted octanol–water partition coefficient (Wildman–Crippen LogP) is 1.82. The van der Waals surface area contributed by atoms with E-state index in [2.05, 4.69) is 0 Å². The van der Waals surface area contributed by atoms with Crippen LogP contribution < -0.4 is 4.74 Å². The summed E-state index contributed by atoms with van der Waals surface area (Å²) in [5.74, 6) is 0.496. The summed E-state index contributed by atoms with van der Waals surface area (Å²) in [6.45, 7) is 1.90. The van der Waals surface area contributed by atoms with Crippen LogP contribution in [-0.4, -0.2) is 24.6 Å². The molecule has 0 spiro atoms.